The number of fused-ring (bicyclic) bond motifs is 6. The monoisotopic (exact) mass is 208 g/mol. The Labute approximate surface area is 96.7 Å². The minimum absolute atomic E-state index is 0.744. The first kappa shape index (κ1) is 8.81. The van der Waals surface area contributed by atoms with Crippen LogP contribution in [-0.2, 0) is 12.8 Å². The summed E-state index contributed by atoms with van der Waals surface area (Å²) in [6.45, 7) is 2.28. The molecular weight excluding hydrogens is 192 g/mol. The zero-order valence-electron chi connectivity index (χ0n) is 9.66. The summed E-state index contributed by atoms with van der Waals surface area (Å²) in [7, 11) is 0. The van der Waals surface area contributed by atoms with Gasteiger partial charge in [0, 0.05) is 5.92 Å². The molecule has 1 aromatic rings. The second kappa shape index (κ2) is 2.88. The Morgan fingerprint density at radius 3 is 2.94 bits per heavy atom. The SMILES string of the molecule is CCc1cccc2c1C1=C(C2)C2C=CC1C2. The minimum Gasteiger partial charge on any atom is -0.0807 e. The molecule has 0 heteroatoms. The molecule has 0 nitrogen and oxygen atoms in total. The highest BCUT2D eigenvalue weighted by Gasteiger charge is 2.40. The van der Waals surface area contributed by atoms with Crippen molar-refractivity contribution in [2.75, 3.05) is 0 Å². The standard InChI is InChI=1S/C16H16/c1-2-10-4-3-5-12-9-14-11-6-7-13(8-11)16(14)15(10)12/h3-7,11,13H,2,8-9H2,1H3. The molecule has 4 rings (SSSR count). The van der Waals surface area contributed by atoms with Crippen LogP contribution < -0.4 is 0 Å². The van der Waals surface area contributed by atoms with Gasteiger partial charge in [0.05, 0.1) is 0 Å². The highest BCUT2D eigenvalue weighted by molar-refractivity contribution is 5.84. The second-order valence-corrected chi connectivity index (χ2v) is 5.25. The molecule has 0 saturated carbocycles. The molecule has 0 spiro atoms. The first-order valence-corrected chi connectivity index (χ1v) is 6.41. The Hall–Kier alpha value is -1.30. The van der Waals surface area contributed by atoms with Gasteiger partial charge in [-0.1, -0.05) is 42.8 Å². The van der Waals surface area contributed by atoms with Crippen LogP contribution in [0.4, 0.5) is 0 Å². The van der Waals surface area contributed by atoms with E-state index in [1.807, 2.05) is 0 Å². The molecular formula is C16H16. The van der Waals surface area contributed by atoms with E-state index in [0.717, 1.165) is 11.8 Å². The van der Waals surface area contributed by atoms with Crippen LogP contribution in [-0.4, -0.2) is 0 Å². The van der Waals surface area contributed by atoms with E-state index < -0.39 is 0 Å². The summed E-state index contributed by atoms with van der Waals surface area (Å²) in [4.78, 5) is 0. The highest BCUT2D eigenvalue weighted by atomic mass is 14.4. The summed E-state index contributed by atoms with van der Waals surface area (Å²) in [5.41, 5.74) is 8.21. The summed E-state index contributed by atoms with van der Waals surface area (Å²) in [5.74, 6) is 1.52. The van der Waals surface area contributed by atoms with Gasteiger partial charge in [0.25, 0.3) is 0 Å². The average Bonchev–Trinajstić information content (AvgIpc) is 2.98. The third kappa shape index (κ3) is 0.910. The molecule has 0 saturated heterocycles. The maximum absolute atomic E-state index is 2.44. The van der Waals surface area contributed by atoms with Crippen molar-refractivity contribution in [2.45, 2.75) is 26.2 Å². The summed E-state index contributed by atoms with van der Waals surface area (Å²) >= 11 is 0. The Balaban J connectivity index is 1.94. The van der Waals surface area contributed by atoms with Gasteiger partial charge >= 0.3 is 0 Å². The molecule has 0 aromatic heterocycles. The summed E-state index contributed by atoms with van der Waals surface area (Å²) < 4.78 is 0. The number of allylic oxidation sites excluding steroid dienone is 4. The number of hydrogen-bond acceptors (Lipinski definition) is 0. The van der Waals surface area contributed by atoms with Crippen LogP contribution >= 0.6 is 0 Å². The first-order valence-electron chi connectivity index (χ1n) is 6.41. The quantitative estimate of drug-likeness (QED) is 0.616. The molecule has 0 radical (unpaired) electrons. The van der Waals surface area contributed by atoms with Crippen LogP contribution in [0.15, 0.2) is 35.9 Å². The maximum Gasteiger partial charge on any atom is 0.00329 e. The van der Waals surface area contributed by atoms with Crippen LogP contribution in [0.25, 0.3) is 5.57 Å². The Morgan fingerprint density at radius 1 is 1.19 bits per heavy atom. The molecule has 16 heavy (non-hydrogen) atoms. The molecule has 1 aromatic carbocycles. The number of aryl methyl sites for hydroxylation is 1. The molecule has 0 N–H and O–H groups in total. The molecule has 80 valence electrons. The fourth-order valence-corrected chi connectivity index (χ4v) is 3.83. The minimum atomic E-state index is 0.744. The fraction of sp³-hybridized carbons (Fsp3) is 0.375. The molecule has 0 aliphatic heterocycles. The van der Waals surface area contributed by atoms with Gasteiger partial charge in [-0.25, -0.2) is 0 Å². The van der Waals surface area contributed by atoms with Crippen molar-refractivity contribution in [2.24, 2.45) is 11.8 Å². The zero-order chi connectivity index (χ0) is 10.7. The lowest BCUT2D eigenvalue weighted by Gasteiger charge is -2.14. The molecule has 3 aliphatic rings. The predicted octanol–water partition coefficient (Wildman–Crippen LogP) is 3.76. The third-order valence-corrected chi connectivity index (χ3v) is 4.52. The molecule has 2 bridgehead atoms. The number of rotatable bonds is 1. The van der Waals surface area contributed by atoms with E-state index in [1.165, 1.54) is 19.3 Å². The second-order valence-electron chi connectivity index (χ2n) is 5.25. The van der Waals surface area contributed by atoms with Crippen molar-refractivity contribution in [3.8, 4) is 0 Å². The molecule has 0 fully saturated rings. The lowest BCUT2D eigenvalue weighted by Crippen LogP contribution is -1.98. The van der Waals surface area contributed by atoms with E-state index in [1.54, 1.807) is 27.8 Å². The van der Waals surface area contributed by atoms with Crippen molar-refractivity contribution in [1.82, 2.24) is 0 Å². The third-order valence-electron chi connectivity index (χ3n) is 4.52. The largest absolute Gasteiger partial charge is 0.0807 e. The highest BCUT2D eigenvalue weighted by Crippen LogP contribution is 2.54. The number of hydrogen-bond donors (Lipinski definition) is 0. The van der Waals surface area contributed by atoms with E-state index >= 15 is 0 Å². The maximum atomic E-state index is 2.44. The molecule has 3 aliphatic carbocycles. The van der Waals surface area contributed by atoms with Gasteiger partial charge in [-0.05, 0) is 47.4 Å². The molecule has 0 heterocycles. The van der Waals surface area contributed by atoms with Crippen LogP contribution in [0.2, 0.25) is 0 Å². The smallest absolute Gasteiger partial charge is 0.00329 e. The average molecular weight is 208 g/mol. The normalized spacial score (nSPS) is 28.8. The Morgan fingerprint density at radius 2 is 2.06 bits per heavy atom. The van der Waals surface area contributed by atoms with Crippen molar-refractivity contribution in [3.05, 3.63) is 52.6 Å². The lowest BCUT2D eigenvalue weighted by atomic mass is 9.91. The molecule has 2 unspecified atom stereocenters. The Bertz CT molecular complexity index is 531. The van der Waals surface area contributed by atoms with Gasteiger partial charge < -0.3 is 0 Å². The van der Waals surface area contributed by atoms with Gasteiger partial charge in [0.2, 0.25) is 0 Å². The summed E-state index contributed by atoms with van der Waals surface area (Å²) in [5, 5.41) is 0. The topological polar surface area (TPSA) is 0 Å². The van der Waals surface area contributed by atoms with Crippen LogP contribution in [0.5, 0.6) is 0 Å². The zero-order valence-corrected chi connectivity index (χ0v) is 9.66. The van der Waals surface area contributed by atoms with Crippen LogP contribution in [0.1, 0.15) is 30.0 Å². The molecule has 2 atom stereocenters. The lowest BCUT2D eigenvalue weighted by molar-refractivity contribution is 0.702. The summed E-state index contributed by atoms with van der Waals surface area (Å²) in [6.07, 6.45) is 8.62. The van der Waals surface area contributed by atoms with Gasteiger partial charge in [-0.2, -0.15) is 0 Å². The van der Waals surface area contributed by atoms with Crippen LogP contribution in [0.3, 0.4) is 0 Å². The fourth-order valence-electron chi connectivity index (χ4n) is 3.83. The summed E-state index contributed by atoms with van der Waals surface area (Å²) in [6, 6.07) is 6.87. The van der Waals surface area contributed by atoms with Crippen molar-refractivity contribution in [3.63, 3.8) is 0 Å². The van der Waals surface area contributed by atoms with Gasteiger partial charge in [0.1, 0.15) is 0 Å². The van der Waals surface area contributed by atoms with E-state index in [2.05, 4.69) is 37.3 Å². The van der Waals surface area contributed by atoms with Gasteiger partial charge in [-0.3, -0.25) is 0 Å². The van der Waals surface area contributed by atoms with E-state index in [9.17, 15) is 0 Å². The van der Waals surface area contributed by atoms with E-state index in [4.69, 9.17) is 0 Å². The Kier molecular flexibility index (Phi) is 1.59. The van der Waals surface area contributed by atoms with Gasteiger partial charge in [-0.15, -0.1) is 0 Å². The van der Waals surface area contributed by atoms with Crippen molar-refractivity contribution < 1.29 is 0 Å². The predicted molar refractivity (Wildman–Crippen MR) is 67.2 cm³/mol. The van der Waals surface area contributed by atoms with Crippen LogP contribution in [0, 0.1) is 11.8 Å². The first-order chi connectivity index (χ1) is 7.88. The van der Waals surface area contributed by atoms with Gasteiger partial charge in [0.15, 0.2) is 0 Å². The van der Waals surface area contributed by atoms with Crippen molar-refractivity contribution in [1.29, 1.82) is 0 Å². The van der Waals surface area contributed by atoms with Crippen molar-refractivity contribution >= 4 is 5.57 Å². The van der Waals surface area contributed by atoms with E-state index in [-0.39, 0.29) is 0 Å². The molecule has 0 amide bonds. The number of benzene rings is 1. The van der Waals surface area contributed by atoms with E-state index in [0.29, 0.717) is 0 Å².